The molecule has 56 heavy (non-hydrogen) atoms. The number of aromatic nitrogens is 3. The Bertz CT molecular complexity index is 2240. The van der Waals surface area contributed by atoms with E-state index in [9.17, 15) is 0 Å². The van der Waals surface area contributed by atoms with E-state index in [-0.39, 0.29) is 30.9 Å². The maximum absolute atomic E-state index is 6.43. The molecule has 1 unspecified atom stereocenters. The predicted molar refractivity (Wildman–Crippen MR) is 234 cm³/mol. The Hall–Kier alpha value is -3.44. The molecule has 2 aliphatic rings. The first-order valence-corrected chi connectivity index (χ1v) is 24.4. The molecule has 297 valence electrons. The second kappa shape index (κ2) is 17.2. The molecule has 2 fully saturated rings. The van der Waals surface area contributed by atoms with Gasteiger partial charge in [-0.05, 0) is 95.1 Å². The van der Waals surface area contributed by atoms with Crippen molar-refractivity contribution >= 4 is 35.3 Å². The van der Waals surface area contributed by atoms with Crippen LogP contribution in [-0.4, -0.2) is 23.0 Å². The quantitative estimate of drug-likeness (QED) is 0.113. The van der Waals surface area contributed by atoms with Gasteiger partial charge in [0.1, 0.15) is 0 Å². The largest absolute Gasteiger partial charge is 0.486 e. The second-order valence-electron chi connectivity index (χ2n) is 19.2. The first-order valence-electron chi connectivity index (χ1n) is 20.9. The monoisotopic (exact) mass is 940 g/mol. The molecule has 6 heteroatoms. The second-order valence-corrected chi connectivity index (χ2v) is 24.3. The molecule has 0 aliphatic heterocycles. The third-order valence-corrected chi connectivity index (χ3v) is 14.6. The fraction of sp³-hybridized carbons (Fsp3) is 0.460. The van der Waals surface area contributed by atoms with Crippen molar-refractivity contribution in [1.29, 1.82) is 0 Å². The molecule has 8 rings (SSSR count). The van der Waals surface area contributed by atoms with Gasteiger partial charge < -0.3 is 14.4 Å². The van der Waals surface area contributed by atoms with Crippen molar-refractivity contribution in [2.75, 3.05) is 0 Å². The van der Waals surface area contributed by atoms with Crippen LogP contribution in [0.15, 0.2) is 83.5 Å². The number of furan rings is 1. The Morgan fingerprint density at radius 3 is 2.21 bits per heavy atom. The van der Waals surface area contributed by atoms with Gasteiger partial charge in [0.25, 0.3) is 0 Å². The molecule has 0 amide bonds. The van der Waals surface area contributed by atoms with E-state index in [0.717, 1.165) is 68.5 Å². The summed E-state index contributed by atoms with van der Waals surface area (Å²) in [5.41, 5.74) is 9.98. The zero-order valence-electron chi connectivity index (χ0n) is 35.2. The van der Waals surface area contributed by atoms with Gasteiger partial charge in [-0.15, -0.1) is 54.1 Å². The van der Waals surface area contributed by atoms with Gasteiger partial charge in [0.05, 0.1) is 13.7 Å². The standard InChI is InChI=1S/C31H35N2O.C19H26NSi.Ir/c1-20(21-9-4-5-10-21)27-16-15-25-24-13-8-14-26(29(24)34-30(25)33-27)28-19-23(17-18-32-28)31(2,3)22-11-6-7-12-22;1-19(2,3)13-16-12-17(15-10-8-7-9-11-15)20-14-18(16)21(4,5)6;/h8,13,15-22H,4-7,9-12H2,1-3H3;7-10,12,14H,13H2,1-6H3;/q2*-1;. The van der Waals surface area contributed by atoms with Gasteiger partial charge in [-0.3, -0.25) is 0 Å². The van der Waals surface area contributed by atoms with E-state index in [0.29, 0.717) is 5.92 Å². The van der Waals surface area contributed by atoms with Gasteiger partial charge in [-0.2, -0.15) is 0 Å². The van der Waals surface area contributed by atoms with Crippen molar-refractivity contribution in [1.82, 2.24) is 15.0 Å². The molecule has 4 heterocycles. The van der Waals surface area contributed by atoms with Crippen molar-refractivity contribution in [2.24, 2.45) is 17.3 Å². The Morgan fingerprint density at radius 2 is 1.54 bits per heavy atom. The van der Waals surface area contributed by atoms with Crippen LogP contribution in [0.1, 0.15) is 116 Å². The van der Waals surface area contributed by atoms with Crippen LogP contribution in [0.3, 0.4) is 0 Å². The van der Waals surface area contributed by atoms with Crippen molar-refractivity contribution in [3.8, 4) is 22.5 Å². The van der Waals surface area contributed by atoms with Crippen molar-refractivity contribution in [3.05, 3.63) is 108 Å². The van der Waals surface area contributed by atoms with E-state index in [1.807, 2.05) is 30.5 Å². The van der Waals surface area contributed by atoms with Gasteiger partial charge in [-0.1, -0.05) is 116 Å². The van der Waals surface area contributed by atoms with Gasteiger partial charge in [-0.25, -0.2) is 4.98 Å². The zero-order chi connectivity index (χ0) is 39.0. The Balaban J connectivity index is 0.000000209. The minimum Gasteiger partial charge on any atom is -0.486 e. The van der Waals surface area contributed by atoms with Crippen molar-refractivity contribution in [2.45, 2.75) is 130 Å². The minimum absolute atomic E-state index is 0. The summed E-state index contributed by atoms with van der Waals surface area (Å²) in [6.07, 6.45) is 15.9. The third-order valence-electron chi connectivity index (χ3n) is 12.5. The first kappa shape index (κ1) is 42.2. The molecule has 1 radical (unpaired) electrons. The maximum atomic E-state index is 6.43. The van der Waals surface area contributed by atoms with Crippen LogP contribution in [0, 0.1) is 29.4 Å². The topological polar surface area (TPSA) is 51.8 Å². The number of hydrogen-bond donors (Lipinski definition) is 0. The fourth-order valence-corrected chi connectivity index (χ4v) is 10.8. The summed E-state index contributed by atoms with van der Waals surface area (Å²) in [4.78, 5) is 14.5. The molecule has 2 aromatic carbocycles. The summed E-state index contributed by atoms with van der Waals surface area (Å²) in [6.45, 7) is 21.2. The molecule has 2 saturated carbocycles. The summed E-state index contributed by atoms with van der Waals surface area (Å²) in [6, 6.07) is 30.0. The molecule has 2 aliphatic carbocycles. The molecular formula is C50H61IrN3OSi-2. The van der Waals surface area contributed by atoms with E-state index in [1.165, 1.54) is 67.7 Å². The van der Waals surface area contributed by atoms with Crippen LogP contribution in [0.25, 0.3) is 44.6 Å². The molecule has 4 nitrogen and oxygen atoms in total. The molecule has 0 spiro atoms. The molecule has 0 saturated heterocycles. The average Bonchev–Trinajstić information content (AvgIpc) is 3.96. The smallest absolute Gasteiger partial charge is 0.216 e. The molecule has 0 N–H and O–H groups in total. The van der Waals surface area contributed by atoms with Crippen LogP contribution in [0.5, 0.6) is 0 Å². The molecule has 4 aromatic heterocycles. The Kier molecular flexibility index (Phi) is 12.9. The third kappa shape index (κ3) is 9.30. The maximum Gasteiger partial charge on any atom is 0.216 e. The van der Waals surface area contributed by atoms with Crippen LogP contribution in [-0.2, 0) is 31.9 Å². The van der Waals surface area contributed by atoms with Crippen LogP contribution >= 0.6 is 0 Å². The number of benzene rings is 2. The van der Waals surface area contributed by atoms with Gasteiger partial charge in [0, 0.05) is 49.5 Å². The summed E-state index contributed by atoms with van der Waals surface area (Å²) in [5, 5.41) is 3.66. The normalized spacial score (nSPS) is 16.2. The van der Waals surface area contributed by atoms with Crippen molar-refractivity contribution < 1.29 is 24.5 Å². The average molecular weight is 940 g/mol. The summed E-state index contributed by atoms with van der Waals surface area (Å²) in [7, 11) is -1.37. The number of nitrogens with zero attached hydrogens (tertiary/aromatic N) is 3. The molecule has 1 atom stereocenters. The van der Waals surface area contributed by atoms with E-state index in [4.69, 9.17) is 19.4 Å². The van der Waals surface area contributed by atoms with Crippen LogP contribution in [0.4, 0.5) is 0 Å². The predicted octanol–water partition coefficient (Wildman–Crippen LogP) is 13.3. The zero-order valence-corrected chi connectivity index (χ0v) is 38.6. The number of hydrogen-bond acceptors (Lipinski definition) is 4. The fourth-order valence-electron chi connectivity index (χ4n) is 9.22. The van der Waals surface area contributed by atoms with Gasteiger partial charge >= 0.3 is 0 Å². The van der Waals surface area contributed by atoms with E-state index >= 15 is 0 Å². The first-order chi connectivity index (χ1) is 26.2. The summed E-state index contributed by atoms with van der Waals surface area (Å²) in [5.74, 6) is 1.95. The van der Waals surface area contributed by atoms with Gasteiger partial charge in [0.2, 0.25) is 5.71 Å². The Morgan fingerprint density at radius 1 is 0.804 bits per heavy atom. The Labute approximate surface area is 351 Å². The number of fused-ring (bicyclic) bond motifs is 3. The summed E-state index contributed by atoms with van der Waals surface area (Å²) >= 11 is 0. The number of rotatable bonds is 8. The number of pyridine rings is 3. The van der Waals surface area contributed by atoms with Crippen LogP contribution in [0.2, 0.25) is 19.6 Å². The van der Waals surface area contributed by atoms with E-state index in [2.05, 4.69) is 122 Å². The van der Waals surface area contributed by atoms with Gasteiger partial charge in [0.15, 0.2) is 0 Å². The molecular weight excluding hydrogens is 879 g/mol. The van der Waals surface area contributed by atoms with Crippen LogP contribution < -0.4 is 5.19 Å². The molecule has 0 bridgehead atoms. The molecule has 6 aromatic rings. The SMILES string of the molecule is CC(C)(C)Cc1cc(-c2[c-]cccc2)ncc1[Si](C)(C)C.CC(c1ccc2c(n1)oc1c(-c3cc(C(C)(C)C4CCCC4)ccn3)[c-]ccc12)C1CCCC1.[Ir]. The van der Waals surface area contributed by atoms with E-state index in [1.54, 1.807) is 0 Å². The van der Waals surface area contributed by atoms with E-state index < -0.39 is 8.07 Å². The summed E-state index contributed by atoms with van der Waals surface area (Å²) < 4.78 is 6.43. The minimum atomic E-state index is -1.37. The van der Waals surface area contributed by atoms with Crippen molar-refractivity contribution in [3.63, 3.8) is 0 Å².